The molecule has 0 spiro atoms. The zero-order valence-electron chi connectivity index (χ0n) is 17.1. The van der Waals surface area contributed by atoms with Gasteiger partial charge in [0.05, 0.1) is 17.4 Å². The average Bonchev–Trinajstić information content (AvgIpc) is 3.24. The van der Waals surface area contributed by atoms with Crippen LogP contribution in [0.4, 0.5) is 9.18 Å². The highest BCUT2D eigenvalue weighted by Crippen LogP contribution is 2.47. The molecule has 0 bridgehead atoms. The molecule has 2 aromatic heterocycles. The maximum Gasteiger partial charge on any atom is 0.318 e. The Balaban J connectivity index is 1.45. The molecule has 1 aliphatic heterocycles. The number of carbonyl (C=O) groups is 1. The number of rotatable bonds is 4. The first-order valence-corrected chi connectivity index (χ1v) is 9.59. The van der Waals surface area contributed by atoms with Gasteiger partial charge in [-0.05, 0) is 31.2 Å². The molecule has 1 aromatic carbocycles. The zero-order valence-corrected chi connectivity index (χ0v) is 17.1. The largest absolute Gasteiger partial charge is 0.336 e. The molecule has 152 valence electrons. The van der Waals surface area contributed by atoms with Crippen molar-refractivity contribution in [3.05, 3.63) is 65.8 Å². The van der Waals surface area contributed by atoms with Gasteiger partial charge in [-0.1, -0.05) is 13.8 Å². The number of carbonyl (C=O) groups excluding carboxylic acids is 1. The number of aromatic nitrogens is 4. The molecular formula is C21H25FN6O. The molecule has 1 N–H and O–H groups in total. The number of aryl methyl sites for hydroxylation is 2. The second-order valence-corrected chi connectivity index (χ2v) is 8.23. The van der Waals surface area contributed by atoms with Crippen LogP contribution in [-0.2, 0) is 13.6 Å². The van der Waals surface area contributed by atoms with Crippen LogP contribution in [-0.4, -0.2) is 36.8 Å². The molecule has 2 amide bonds. The predicted octanol–water partition coefficient (Wildman–Crippen LogP) is 3.35. The molecule has 0 saturated carbocycles. The predicted molar refractivity (Wildman–Crippen MR) is 107 cm³/mol. The van der Waals surface area contributed by atoms with Gasteiger partial charge in [0.2, 0.25) is 0 Å². The van der Waals surface area contributed by atoms with Gasteiger partial charge in [0, 0.05) is 49.7 Å². The first kappa shape index (κ1) is 19.2. The van der Waals surface area contributed by atoms with Gasteiger partial charge in [-0.3, -0.25) is 0 Å². The average molecular weight is 396 g/mol. The van der Waals surface area contributed by atoms with Crippen molar-refractivity contribution >= 4 is 6.03 Å². The highest BCUT2D eigenvalue weighted by Gasteiger charge is 2.50. The fourth-order valence-corrected chi connectivity index (χ4v) is 3.91. The smallest absolute Gasteiger partial charge is 0.318 e. The Labute approximate surface area is 169 Å². The Morgan fingerprint density at radius 2 is 2.03 bits per heavy atom. The van der Waals surface area contributed by atoms with E-state index >= 15 is 0 Å². The normalized spacial score (nSPS) is 17.8. The molecule has 1 saturated heterocycles. The summed E-state index contributed by atoms with van der Waals surface area (Å²) in [7, 11) is 1.94. The van der Waals surface area contributed by atoms with E-state index in [1.807, 2.05) is 35.8 Å². The van der Waals surface area contributed by atoms with E-state index in [2.05, 4.69) is 29.2 Å². The first-order valence-electron chi connectivity index (χ1n) is 9.59. The summed E-state index contributed by atoms with van der Waals surface area (Å²) in [6.07, 6.45) is 5.51. The van der Waals surface area contributed by atoms with Crippen LogP contribution in [0.3, 0.4) is 0 Å². The van der Waals surface area contributed by atoms with Crippen molar-refractivity contribution in [3.63, 3.8) is 0 Å². The molecule has 7 nitrogen and oxygen atoms in total. The fourth-order valence-electron chi connectivity index (χ4n) is 3.91. The number of likely N-dealkylation sites (tertiary alicyclic amines) is 1. The van der Waals surface area contributed by atoms with Crippen LogP contribution in [0.1, 0.15) is 37.0 Å². The first-order chi connectivity index (χ1) is 13.8. The van der Waals surface area contributed by atoms with Gasteiger partial charge in [0.25, 0.3) is 0 Å². The summed E-state index contributed by atoms with van der Waals surface area (Å²) < 4.78 is 16.8. The van der Waals surface area contributed by atoms with Gasteiger partial charge in [0.1, 0.15) is 11.6 Å². The molecule has 1 atom stereocenters. The second kappa shape index (κ2) is 7.02. The molecule has 1 aliphatic rings. The molecule has 1 unspecified atom stereocenters. The summed E-state index contributed by atoms with van der Waals surface area (Å²) >= 11 is 0. The highest BCUT2D eigenvalue weighted by molar-refractivity contribution is 5.76. The molecule has 0 radical (unpaired) electrons. The minimum absolute atomic E-state index is 0.0279. The van der Waals surface area contributed by atoms with Gasteiger partial charge in [-0.15, -0.1) is 0 Å². The van der Waals surface area contributed by atoms with Crippen LogP contribution in [0.5, 0.6) is 0 Å². The summed E-state index contributed by atoms with van der Waals surface area (Å²) in [5.41, 5.74) is 2.47. The van der Waals surface area contributed by atoms with Gasteiger partial charge in [-0.2, -0.15) is 5.10 Å². The van der Waals surface area contributed by atoms with Crippen molar-refractivity contribution < 1.29 is 9.18 Å². The van der Waals surface area contributed by atoms with Crippen molar-refractivity contribution in [1.29, 1.82) is 0 Å². The maximum absolute atomic E-state index is 13.1. The van der Waals surface area contributed by atoms with Crippen molar-refractivity contribution in [3.8, 4) is 5.69 Å². The Bertz CT molecular complexity index is 1040. The van der Waals surface area contributed by atoms with Crippen LogP contribution in [0, 0.1) is 18.2 Å². The van der Waals surface area contributed by atoms with Gasteiger partial charge >= 0.3 is 6.03 Å². The Hall–Kier alpha value is -3.16. The van der Waals surface area contributed by atoms with E-state index in [0.29, 0.717) is 13.1 Å². The lowest BCUT2D eigenvalue weighted by Gasteiger charge is -2.53. The number of hydrogen-bond acceptors (Lipinski definition) is 3. The second-order valence-electron chi connectivity index (χ2n) is 8.23. The Morgan fingerprint density at radius 3 is 2.66 bits per heavy atom. The summed E-state index contributed by atoms with van der Waals surface area (Å²) in [6.45, 7) is 7.23. The van der Waals surface area contributed by atoms with Crippen molar-refractivity contribution in [2.24, 2.45) is 12.5 Å². The third-order valence-corrected chi connectivity index (χ3v) is 5.52. The molecule has 8 heteroatoms. The number of benzene rings is 1. The summed E-state index contributed by atoms with van der Waals surface area (Å²) in [4.78, 5) is 19.1. The monoisotopic (exact) mass is 396 g/mol. The minimum Gasteiger partial charge on any atom is -0.336 e. The molecule has 29 heavy (non-hydrogen) atoms. The summed E-state index contributed by atoms with van der Waals surface area (Å²) in [6, 6.07) is 5.96. The molecule has 4 rings (SSSR count). The molecule has 1 fully saturated rings. The molecular weight excluding hydrogens is 371 g/mol. The van der Waals surface area contributed by atoms with Crippen molar-refractivity contribution in [1.82, 2.24) is 29.5 Å². The molecule has 0 aliphatic carbocycles. The number of urea groups is 1. The van der Waals surface area contributed by atoms with E-state index in [-0.39, 0.29) is 23.3 Å². The van der Waals surface area contributed by atoms with E-state index in [1.54, 1.807) is 23.0 Å². The van der Waals surface area contributed by atoms with E-state index < -0.39 is 0 Å². The standard InChI is InChI=1S/C21H25FN6O/c1-14-15(12-28(25-14)17-7-5-16(22)6-8-17)11-24-20(29)27-13-21(2,3)18(27)19-23-9-10-26(19)4/h5-10,12,18H,11,13H2,1-4H3,(H,24,29). The van der Waals surface area contributed by atoms with Crippen LogP contribution in [0.25, 0.3) is 5.69 Å². The molecule has 3 heterocycles. The Kier molecular flexibility index (Phi) is 4.64. The van der Waals surface area contributed by atoms with Crippen molar-refractivity contribution in [2.75, 3.05) is 6.54 Å². The maximum atomic E-state index is 13.1. The topological polar surface area (TPSA) is 68.0 Å². The number of imidazole rings is 1. The van der Waals surface area contributed by atoms with Gasteiger partial charge in [-0.25, -0.2) is 18.9 Å². The third-order valence-electron chi connectivity index (χ3n) is 5.52. The lowest BCUT2D eigenvalue weighted by atomic mass is 9.74. The van der Waals surface area contributed by atoms with Gasteiger partial charge < -0.3 is 14.8 Å². The van der Waals surface area contributed by atoms with Crippen molar-refractivity contribution in [2.45, 2.75) is 33.4 Å². The number of nitrogens with one attached hydrogen (secondary N) is 1. The van der Waals surface area contributed by atoms with E-state index in [4.69, 9.17) is 0 Å². The van der Waals surface area contributed by atoms with Crippen LogP contribution < -0.4 is 5.32 Å². The lowest BCUT2D eigenvalue weighted by molar-refractivity contribution is -0.0231. The molecule has 3 aromatic rings. The van der Waals surface area contributed by atoms with Crippen LogP contribution >= 0.6 is 0 Å². The van der Waals surface area contributed by atoms with Crippen LogP contribution in [0.15, 0.2) is 42.9 Å². The quantitative estimate of drug-likeness (QED) is 0.735. The lowest BCUT2D eigenvalue weighted by Crippen LogP contribution is -2.60. The van der Waals surface area contributed by atoms with E-state index in [0.717, 1.165) is 22.8 Å². The number of hydrogen-bond donors (Lipinski definition) is 1. The van der Waals surface area contributed by atoms with Crippen LogP contribution in [0.2, 0.25) is 0 Å². The zero-order chi connectivity index (χ0) is 20.8. The third kappa shape index (κ3) is 3.50. The SMILES string of the molecule is Cc1nn(-c2ccc(F)cc2)cc1CNC(=O)N1CC(C)(C)C1c1nccn1C. The highest BCUT2D eigenvalue weighted by atomic mass is 19.1. The minimum atomic E-state index is -0.287. The number of amides is 2. The summed E-state index contributed by atoms with van der Waals surface area (Å²) in [5.74, 6) is 0.599. The number of nitrogens with zero attached hydrogens (tertiary/aromatic N) is 5. The van der Waals surface area contributed by atoms with E-state index in [1.165, 1.54) is 12.1 Å². The Morgan fingerprint density at radius 1 is 1.31 bits per heavy atom. The fraction of sp³-hybridized carbons (Fsp3) is 0.381. The van der Waals surface area contributed by atoms with E-state index in [9.17, 15) is 9.18 Å². The summed E-state index contributed by atoms with van der Waals surface area (Å²) in [5, 5.41) is 7.48. The van der Waals surface area contributed by atoms with Gasteiger partial charge in [0.15, 0.2) is 0 Å². The number of halogens is 1.